The number of hydrogen-bond donors (Lipinski definition) is 2. The minimum atomic E-state index is -3.38. The van der Waals surface area contributed by atoms with Gasteiger partial charge < -0.3 is 14.8 Å². The average molecular weight is 212 g/mol. The summed E-state index contributed by atoms with van der Waals surface area (Å²) in [7, 11) is -0.361. The Bertz CT molecular complexity index is 213. The molecule has 3 N–H and O–H groups in total. The van der Waals surface area contributed by atoms with Crippen molar-refractivity contribution < 1.29 is 17.9 Å². The zero-order valence-electron chi connectivity index (χ0n) is 7.82. The Hall–Kier alpha value is -0.210. The molecular formula is C6H16N2O4S. The zero-order valence-corrected chi connectivity index (χ0v) is 8.63. The van der Waals surface area contributed by atoms with Crippen molar-refractivity contribution in [1.29, 1.82) is 0 Å². The molecule has 0 saturated carbocycles. The molecule has 0 aliphatic rings. The second kappa shape index (κ2) is 6.28. The third-order valence-electron chi connectivity index (χ3n) is 1.40. The Morgan fingerprint density at radius 3 is 2.31 bits per heavy atom. The predicted octanol–water partition coefficient (Wildman–Crippen LogP) is -1.52. The van der Waals surface area contributed by atoms with Gasteiger partial charge >= 0.3 is 0 Å². The van der Waals surface area contributed by atoms with Crippen molar-refractivity contribution in [1.82, 2.24) is 5.32 Å². The van der Waals surface area contributed by atoms with Gasteiger partial charge in [-0.3, -0.25) is 0 Å². The van der Waals surface area contributed by atoms with Crippen LogP contribution in [0.15, 0.2) is 0 Å². The lowest BCUT2D eigenvalue weighted by Crippen LogP contribution is -2.34. The van der Waals surface area contributed by atoms with Gasteiger partial charge in [0.05, 0.1) is 5.75 Å². The van der Waals surface area contributed by atoms with Gasteiger partial charge in [-0.1, -0.05) is 0 Å². The Morgan fingerprint density at radius 1 is 1.38 bits per heavy atom. The van der Waals surface area contributed by atoms with Crippen LogP contribution < -0.4 is 10.5 Å². The lowest BCUT2D eigenvalue weighted by atomic mass is 10.6. The van der Waals surface area contributed by atoms with Gasteiger partial charge in [-0.15, -0.1) is 0 Å². The smallest absolute Gasteiger partial charge is 0.210 e. The molecule has 0 unspecified atom stereocenters. The van der Waals surface area contributed by atoms with E-state index in [0.717, 1.165) is 0 Å². The van der Waals surface area contributed by atoms with Crippen LogP contribution in [0.1, 0.15) is 0 Å². The van der Waals surface area contributed by atoms with Gasteiger partial charge in [-0.2, -0.15) is 0 Å². The van der Waals surface area contributed by atoms with Crippen molar-refractivity contribution >= 4 is 10.0 Å². The van der Waals surface area contributed by atoms with Crippen LogP contribution in [0.2, 0.25) is 0 Å². The molecule has 0 bridgehead atoms. The second-order valence-corrected chi connectivity index (χ2v) is 4.21. The normalized spacial score (nSPS) is 12.3. The maximum Gasteiger partial charge on any atom is 0.210 e. The highest BCUT2D eigenvalue weighted by Crippen LogP contribution is 1.86. The van der Waals surface area contributed by atoms with Crippen molar-refractivity contribution in [2.75, 3.05) is 33.1 Å². The number of sulfonamides is 1. The molecule has 0 aromatic heterocycles. The van der Waals surface area contributed by atoms with Crippen molar-refractivity contribution in [3.63, 3.8) is 0 Å². The SMILES string of the molecule is COC(CNCCS(N)(=O)=O)OC. The lowest BCUT2D eigenvalue weighted by Gasteiger charge is -2.13. The highest BCUT2D eigenvalue weighted by molar-refractivity contribution is 7.89. The monoisotopic (exact) mass is 212 g/mol. The summed E-state index contributed by atoms with van der Waals surface area (Å²) in [6, 6.07) is 0. The first-order valence-corrected chi connectivity index (χ1v) is 5.48. The maximum atomic E-state index is 10.5. The number of nitrogens with two attached hydrogens (primary N) is 1. The number of nitrogens with one attached hydrogen (secondary N) is 1. The van der Waals surface area contributed by atoms with Crippen molar-refractivity contribution in [2.45, 2.75) is 6.29 Å². The van der Waals surface area contributed by atoms with E-state index < -0.39 is 10.0 Å². The Morgan fingerprint density at radius 2 is 1.92 bits per heavy atom. The molecule has 7 heteroatoms. The minimum absolute atomic E-state index is 0.0901. The van der Waals surface area contributed by atoms with Crippen molar-refractivity contribution in [3.05, 3.63) is 0 Å². The van der Waals surface area contributed by atoms with Crippen LogP contribution in [0.5, 0.6) is 0 Å². The van der Waals surface area contributed by atoms with Crippen LogP contribution in [0, 0.1) is 0 Å². The number of hydrogen-bond acceptors (Lipinski definition) is 5. The van der Waals surface area contributed by atoms with Crippen molar-refractivity contribution in [2.24, 2.45) is 5.14 Å². The summed E-state index contributed by atoms with van der Waals surface area (Å²) < 4.78 is 30.7. The molecule has 0 saturated heterocycles. The van der Waals surface area contributed by atoms with Crippen molar-refractivity contribution in [3.8, 4) is 0 Å². The summed E-state index contributed by atoms with van der Waals surface area (Å²) in [5.41, 5.74) is 0. The van der Waals surface area contributed by atoms with Gasteiger partial charge in [0.25, 0.3) is 0 Å². The summed E-state index contributed by atoms with van der Waals surface area (Å²) in [5, 5.41) is 7.62. The molecule has 0 heterocycles. The van der Waals surface area contributed by atoms with E-state index in [1.807, 2.05) is 0 Å². The summed E-state index contributed by atoms with van der Waals surface area (Å²) >= 11 is 0. The van der Waals surface area contributed by atoms with E-state index in [0.29, 0.717) is 13.1 Å². The topological polar surface area (TPSA) is 90.6 Å². The highest BCUT2D eigenvalue weighted by atomic mass is 32.2. The molecule has 0 atom stereocenters. The number of rotatable bonds is 7. The van der Waals surface area contributed by atoms with Gasteiger partial charge in [-0.25, -0.2) is 13.6 Å². The molecule has 13 heavy (non-hydrogen) atoms. The van der Waals surface area contributed by atoms with Gasteiger partial charge in [0.15, 0.2) is 6.29 Å². The van der Waals surface area contributed by atoms with Gasteiger partial charge in [-0.05, 0) is 0 Å². The van der Waals surface area contributed by atoms with E-state index in [9.17, 15) is 8.42 Å². The number of primary sulfonamides is 1. The molecule has 0 aromatic carbocycles. The molecular weight excluding hydrogens is 196 g/mol. The summed E-state index contributed by atoms with van der Waals surface area (Å²) in [6.45, 7) is 0.727. The molecule has 0 radical (unpaired) electrons. The van der Waals surface area contributed by atoms with Gasteiger partial charge in [0.1, 0.15) is 0 Å². The van der Waals surface area contributed by atoms with E-state index in [-0.39, 0.29) is 12.0 Å². The first kappa shape index (κ1) is 12.8. The predicted molar refractivity (Wildman–Crippen MR) is 48.6 cm³/mol. The third kappa shape index (κ3) is 8.13. The summed E-state index contributed by atoms with van der Waals surface area (Å²) in [4.78, 5) is 0. The standard InChI is InChI=1S/C6H16N2O4S/c1-11-6(12-2)5-8-3-4-13(7,9)10/h6,8H,3-5H2,1-2H3,(H2,7,9,10). The van der Waals surface area contributed by atoms with E-state index in [2.05, 4.69) is 5.32 Å². The fourth-order valence-electron chi connectivity index (χ4n) is 0.697. The van der Waals surface area contributed by atoms with Crippen LogP contribution in [-0.4, -0.2) is 47.8 Å². The van der Waals surface area contributed by atoms with Crippen LogP contribution in [0.4, 0.5) is 0 Å². The molecule has 0 fully saturated rings. The molecule has 0 aliphatic heterocycles. The molecule has 0 amide bonds. The summed E-state index contributed by atoms with van der Waals surface area (Å²) in [6.07, 6.45) is -0.361. The summed E-state index contributed by atoms with van der Waals surface area (Å²) in [5.74, 6) is -0.0901. The highest BCUT2D eigenvalue weighted by Gasteiger charge is 2.05. The number of methoxy groups -OCH3 is 2. The molecule has 0 spiro atoms. The van der Waals surface area contributed by atoms with Crippen LogP contribution in [0.25, 0.3) is 0 Å². The van der Waals surface area contributed by atoms with E-state index in [1.165, 1.54) is 14.2 Å². The fourth-order valence-corrected chi connectivity index (χ4v) is 1.13. The first-order valence-electron chi connectivity index (χ1n) is 3.76. The molecule has 0 aliphatic carbocycles. The largest absolute Gasteiger partial charge is 0.355 e. The van der Waals surface area contributed by atoms with E-state index in [1.54, 1.807) is 0 Å². The molecule has 0 rings (SSSR count). The molecule has 6 nitrogen and oxygen atoms in total. The second-order valence-electron chi connectivity index (χ2n) is 2.47. The number of ether oxygens (including phenoxy) is 2. The lowest BCUT2D eigenvalue weighted by molar-refractivity contribution is -0.0984. The Kier molecular flexibility index (Phi) is 6.17. The van der Waals surface area contributed by atoms with Crippen LogP contribution >= 0.6 is 0 Å². The van der Waals surface area contributed by atoms with E-state index in [4.69, 9.17) is 14.6 Å². The minimum Gasteiger partial charge on any atom is -0.355 e. The Balaban J connectivity index is 3.45. The quantitative estimate of drug-likeness (QED) is 0.395. The van der Waals surface area contributed by atoms with Crippen LogP contribution in [0.3, 0.4) is 0 Å². The van der Waals surface area contributed by atoms with E-state index >= 15 is 0 Å². The maximum absolute atomic E-state index is 10.5. The Labute approximate surface area is 78.4 Å². The molecule has 0 aromatic rings. The molecule has 80 valence electrons. The van der Waals surface area contributed by atoms with Crippen LogP contribution in [-0.2, 0) is 19.5 Å². The first-order chi connectivity index (χ1) is 5.99. The zero-order chi connectivity index (χ0) is 10.3. The van der Waals surface area contributed by atoms with Gasteiger partial charge in [0, 0.05) is 27.3 Å². The third-order valence-corrected chi connectivity index (χ3v) is 2.17. The fraction of sp³-hybridized carbons (Fsp3) is 1.00. The average Bonchev–Trinajstić information content (AvgIpc) is 2.03. The van der Waals surface area contributed by atoms with Gasteiger partial charge in [0.2, 0.25) is 10.0 Å².